The van der Waals surface area contributed by atoms with Gasteiger partial charge >= 0.3 is 0 Å². The lowest BCUT2D eigenvalue weighted by Gasteiger charge is -2.22. The molecule has 2 aromatic heterocycles. The lowest BCUT2D eigenvalue weighted by Crippen LogP contribution is -2.12. The number of nitrogens with one attached hydrogen (secondary N) is 1. The van der Waals surface area contributed by atoms with Crippen molar-refractivity contribution in [3.8, 4) is 16.8 Å². The molecular weight excluding hydrogens is 365 g/mol. The van der Waals surface area contributed by atoms with Gasteiger partial charge in [-0.1, -0.05) is 6.07 Å². The van der Waals surface area contributed by atoms with E-state index < -0.39 is 0 Å². The second kappa shape index (κ2) is 7.13. The van der Waals surface area contributed by atoms with Crippen LogP contribution in [0.2, 0.25) is 0 Å². The van der Waals surface area contributed by atoms with Gasteiger partial charge in [-0.25, -0.2) is 4.39 Å². The summed E-state index contributed by atoms with van der Waals surface area (Å²) in [5.74, 6) is 1.60. The van der Waals surface area contributed by atoms with Gasteiger partial charge in [0.25, 0.3) is 0 Å². The van der Waals surface area contributed by atoms with E-state index in [4.69, 9.17) is 0 Å². The summed E-state index contributed by atoms with van der Waals surface area (Å²) >= 11 is 0. The van der Waals surface area contributed by atoms with Gasteiger partial charge in [-0.2, -0.15) is 0 Å². The standard InChI is InChI=1S/C23H20FN5/c1-15-27-28-23-9-7-21(26-19-5-3-18(24)4-6-19)20-14-17(2-8-22(20)29(15)23)16-10-12-25-13-11-16/h2-6,8,10-14,21,26H,7,9H2,1H3. The van der Waals surface area contributed by atoms with Crippen molar-refractivity contribution < 1.29 is 4.39 Å². The minimum Gasteiger partial charge on any atom is -0.378 e. The molecule has 0 saturated heterocycles. The Hall–Kier alpha value is -3.54. The highest BCUT2D eigenvalue weighted by atomic mass is 19.1. The number of halogens is 1. The van der Waals surface area contributed by atoms with Gasteiger partial charge in [0.05, 0.1) is 11.7 Å². The lowest BCUT2D eigenvalue weighted by atomic mass is 9.96. The fourth-order valence-corrected chi connectivity index (χ4v) is 3.97. The van der Waals surface area contributed by atoms with Crippen LogP contribution in [-0.2, 0) is 6.42 Å². The van der Waals surface area contributed by atoms with Gasteiger partial charge in [-0.05, 0) is 78.6 Å². The quantitative estimate of drug-likeness (QED) is 0.546. The van der Waals surface area contributed by atoms with Crippen LogP contribution in [0.4, 0.5) is 10.1 Å². The normalized spacial score (nSPS) is 15.3. The van der Waals surface area contributed by atoms with Crippen LogP contribution in [0, 0.1) is 12.7 Å². The van der Waals surface area contributed by atoms with E-state index in [0.717, 1.165) is 47.0 Å². The van der Waals surface area contributed by atoms with Crippen molar-refractivity contribution in [1.29, 1.82) is 0 Å². The number of benzene rings is 2. The number of fused-ring (bicyclic) bond motifs is 3. The Morgan fingerprint density at radius 1 is 0.966 bits per heavy atom. The molecule has 1 unspecified atom stereocenters. The molecule has 1 aliphatic heterocycles. The van der Waals surface area contributed by atoms with Gasteiger partial charge in [-0.15, -0.1) is 10.2 Å². The smallest absolute Gasteiger partial charge is 0.137 e. The molecule has 0 amide bonds. The second-order valence-corrected chi connectivity index (χ2v) is 7.25. The van der Waals surface area contributed by atoms with Crippen molar-refractivity contribution in [1.82, 2.24) is 19.7 Å². The van der Waals surface area contributed by atoms with Gasteiger partial charge in [0.2, 0.25) is 0 Å². The first-order valence-electron chi connectivity index (χ1n) is 9.67. The largest absolute Gasteiger partial charge is 0.378 e. The molecule has 1 N–H and O–H groups in total. The summed E-state index contributed by atoms with van der Waals surface area (Å²) in [5, 5.41) is 12.2. The molecule has 1 atom stereocenters. The third-order valence-corrected chi connectivity index (χ3v) is 5.39. The van der Waals surface area contributed by atoms with E-state index >= 15 is 0 Å². The van der Waals surface area contributed by atoms with E-state index in [9.17, 15) is 4.39 Å². The molecule has 4 aromatic rings. The van der Waals surface area contributed by atoms with Crippen LogP contribution < -0.4 is 5.32 Å². The Morgan fingerprint density at radius 2 is 1.76 bits per heavy atom. The second-order valence-electron chi connectivity index (χ2n) is 7.25. The monoisotopic (exact) mass is 385 g/mol. The summed E-state index contributed by atoms with van der Waals surface area (Å²) in [6.07, 6.45) is 5.27. The maximum atomic E-state index is 13.3. The molecule has 0 fully saturated rings. The summed E-state index contributed by atoms with van der Waals surface area (Å²) in [6, 6.07) is 17.1. The molecule has 0 saturated carbocycles. The molecule has 0 radical (unpaired) electrons. The molecule has 3 heterocycles. The Morgan fingerprint density at radius 3 is 2.55 bits per heavy atom. The van der Waals surface area contributed by atoms with Crippen molar-refractivity contribution in [2.45, 2.75) is 25.8 Å². The van der Waals surface area contributed by atoms with Crippen LogP contribution in [0.1, 0.15) is 29.7 Å². The third-order valence-electron chi connectivity index (χ3n) is 5.39. The van der Waals surface area contributed by atoms with E-state index in [2.05, 4.69) is 43.3 Å². The Labute approximate surface area is 168 Å². The number of rotatable bonds is 3. The van der Waals surface area contributed by atoms with Gasteiger partial charge in [0.15, 0.2) is 0 Å². The first-order chi connectivity index (χ1) is 14.2. The first kappa shape index (κ1) is 17.6. The zero-order valence-corrected chi connectivity index (χ0v) is 16.0. The first-order valence-corrected chi connectivity index (χ1v) is 9.67. The zero-order chi connectivity index (χ0) is 19.8. The number of hydrogen-bond acceptors (Lipinski definition) is 4. The minimum atomic E-state index is -0.237. The van der Waals surface area contributed by atoms with Gasteiger partial charge in [0.1, 0.15) is 17.5 Å². The maximum absolute atomic E-state index is 13.3. The third kappa shape index (κ3) is 3.27. The Bertz CT molecular complexity index is 1150. The molecule has 5 nitrogen and oxygen atoms in total. The molecule has 5 rings (SSSR count). The highest BCUT2D eigenvalue weighted by molar-refractivity contribution is 5.67. The van der Waals surface area contributed by atoms with Crippen molar-refractivity contribution in [3.63, 3.8) is 0 Å². The fraction of sp³-hybridized carbons (Fsp3) is 0.174. The highest BCUT2D eigenvalue weighted by Crippen LogP contribution is 2.36. The van der Waals surface area contributed by atoms with Crippen LogP contribution in [0.5, 0.6) is 0 Å². The van der Waals surface area contributed by atoms with Crippen LogP contribution in [0.25, 0.3) is 16.8 Å². The number of aryl methyl sites for hydroxylation is 2. The van der Waals surface area contributed by atoms with Crippen LogP contribution >= 0.6 is 0 Å². The molecule has 6 heteroatoms. The summed E-state index contributed by atoms with van der Waals surface area (Å²) in [4.78, 5) is 4.12. The molecule has 144 valence electrons. The summed E-state index contributed by atoms with van der Waals surface area (Å²) in [7, 11) is 0. The average Bonchev–Trinajstić information content (AvgIpc) is 3.05. The molecule has 29 heavy (non-hydrogen) atoms. The molecule has 0 aliphatic carbocycles. The van der Waals surface area contributed by atoms with Crippen LogP contribution in [0.15, 0.2) is 67.0 Å². The van der Waals surface area contributed by atoms with Gasteiger partial charge in [0, 0.05) is 24.5 Å². The van der Waals surface area contributed by atoms with Gasteiger partial charge < -0.3 is 5.32 Å². The number of hydrogen-bond donors (Lipinski definition) is 1. The maximum Gasteiger partial charge on any atom is 0.137 e. The molecule has 0 bridgehead atoms. The topological polar surface area (TPSA) is 55.6 Å². The zero-order valence-electron chi connectivity index (χ0n) is 16.0. The predicted molar refractivity (Wildman–Crippen MR) is 110 cm³/mol. The predicted octanol–water partition coefficient (Wildman–Crippen LogP) is 4.88. The lowest BCUT2D eigenvalue weighted by molar-refractivity contribution is 0.627. The number of anilines is 1. The van der Waals surface area contributed by atoms with E-state index in [-0.39, 0.29) is 11.9 Å². The van der Waals surface area contributed by atoms with Crippen LogP contribution in [0.3, 0.4) is 0 Å². The fourth-order valence-electron chi connectivity index (χ4n) is 3.97. The van der Waals surface area contributed by atoms with Crippen molar-refractivity contribution in [3.05, 3.63) is 90.0 Å². The molecule has 2 aromatic carbocycles. The minimum absolute atomic E-state index is 0.0679. The summed E-state index contributed by atoms with van der Waals surface area (Å²) in [6.45, 7) is 1.98. The summed E-state index contributed by atoms with van der Waals surface area (Å²) < 4.78 is 15.5. The SMILES string of the molecule is Cc1nnc2n1-c1ccc(-c3ccncc3)cc1C(Nc1ccc(F)cc1)CC2. The average molecular weight is 385 g/mol. The Balaban J connectivity index is 1.63. The number of pyridine rings is 1. The van der Waals surface area contributed by atoms with Gasteiger partial charge in [-0.3, -0.25) is 9.55 Å². The van der Waals surface area contributed by atoms with Crippen molar-refractivity contribution in [2.24, 2.45) is 0 Å². The van der Waals surface area contributed by atoms with E-state index in [1.54, 1.807) is 24.5 Å². The van der Waals surface area contributed by atoms with Crippen molar-refractivity contribution in [2.75, 3.05) is 5.32 Å². The Kier molecular flexibility index (Phi) is 4.31. The number of aromatic nitrogens is 4. The van der Waals surface area contributed by atoms with E-state index in [0.29, 0.717) is 0 Å². The van der Waals surface area contributed by atoms with Crippen LogP contribution in [-0.4, -0.2) is 19.7 Å². The molecule has 0 spiro atoms. The van der Waals surface area contributed by atoms with Crippen molar-refractivity contribution >= 4 is 5.69 Å². The summed E-state index contributed by atoms with van der Waals surface area (Å²) in [5.41, 5.74) is 5.40. The van der Waals surface area contributed by atoms with E-state index in [1.165, 1.54) is 17.7 Å². The molecular formula is C23H20FN5. The molecule has 1 aliphatic rings. The highest BCUT2D eigenvalue weighted by Gasteiger charge is 2.25. The number of nitrogens with zero attached hydrogens (tertiary/aromatic N) is 4. The van der Waals surface area contributed by atoms with E-state index in [1.807, 2.05) is 19.1 Å².